The first-order valence-corrected chi connectivity index (χ1v) is 9.12. The second-order valence-electron chi connectivity index (χ2n) is 7.28. The van der Waals surface area contributed by atoms with Gasteiger partial charge in [-0.2, -0.15) is 0 Å². The van der Waals surface area contributed by atoms with Crippen molar-refractivity contribution in [2.24, 2.45) is 5.41 Å². The summed E-state index contributed by atoms with van der Waals surface area (Å²) < 4.78 is 13.5. The van der Waals surface area contributed by atoms with Crippen LogP contribution in [0.5, 0.6) is 0 Å². The van der Waals surface area contributed by atoms with Gasteiger partial charge in [-0.15, -0.1) is 13.2 Å². The molecule has 8 heteroatoms. The number of ether oxygens (including phenoxy) is 2. The molecule has 1 spiro atoms. The van der Waals surface area contributed by atoms with Crippen molar-refractivity contribution in [3.8, 4) is 0 Å². The summed E-state index contributed by atoms with van der Waals surface area (Å²) in [6, 6.07) is 1.41. The van der Waals surface area contributed by atoms with Gasteiger partial charge in [0.15, 0.2) is 5.60 Å². The second kappa shape index (κ2) is 6.97. The lowest BCUT2D eigenvalue weighted by Crippen LogP contribution is -2.46. The molecule has 0 aromatic carbocycles. The van der Waals surface area contributed by atoms with E-state index in [1.165, 1.54) is 17.6 Å². The highest BCUT2D eigenvalue weighted by atomic mass is 16.7. The molecule has 152 valence electrons. The van der Waals surface area contributed by atoms with Crippen LogP contribution in [0.4, 0.5) is 0 Å². The Labute approximate surface area is 162 Å². The maximum Gasteiger partial charge on any atom is 0.340 e. The van der Waals surface area contributed by atoms with Crippen molar-refractivity contribution in [3.05, 3.63) is 58.6 Å². The minimum Gasteiger partial charge on any atom is -0.479 e. The highest BCUT2D eigenvalue weighted by Crippen LogP contribution is 2.44. The minimum atomic E-state index is -2.31. The number of nitrogens with zero attached hydrogens (tertiary/aromatic N) is 1. The number of hydrogen-bond acceptors (Lipinski definition) is 6. The minimum absolute atomic E-state index is 0.140. The number of carbonyl (C=O) groups is 1. The van der Waals surface area contributed by atoms with Crippen LogP contribution in [-0.4, -0.2) is 39.1 Å². The Hall–Kier alpha value is -2.26. The van der Waals surface area contributed by atoms with Crippen molar-refractivity contribution >= 4 is 5.97 Å². The summed E-state index contributed by atoms with van der Waals surface area (Å²) in [7, 11) is 0. The van der Waals surface area contributed by atoms with E-state index < -0.39 is 34.9 Å². The lowest BCUT2D eigenvalue weighted by molar-refractivity contribution is -0.297. The first-order chi connectivity index (χ1) is 13.2. The monoisotopic (exact) mass is 391 g/mol. The van der Waals surface area contributed by atoms with Crippen LogP contribution >= 0.6 is 0 Å². The zero-order valence-corrected chi connectivity index (χ0v) is 15.8. The van der Waals surface area contributed by atoms with Gasteiger partial charge in [0.1, 0.15) is 0 Å². The van der Waals surface area contributed by atoms with E-state index in [-0.39, 0.29) is 37.3 Å². The molecule has 0 unspecified atom stereocenters. The molecule has 0 bridgehead atoms. The lowest BCUT2D eigenvalue weighted by Gasteiger charge is -2.42. The van der Waals surface area contributed by atoms with Crippen molar-refractivity contribution in [1.82, 2.24) is 4.57 Å². The number of fused-ring (bicyclic) bond motifs is 2. The van der Waals surface area contributed by atoms with Crippen molar-refractivity contribution in [2.45, 2.75) is 44.3 Å². The number of rotatable bonds is 6. The Bertz CT molecular complexity index is 869. The molecule has 0 aliphatic carbocycles. The first-order valence-electron chi connectivity index (χ1n) is 9.12. The summed E-state index contributed by atoms with van der Waals surface area (Å²) >= 11 is 0. The number of carboxylic acids is 1. The van der Waals surface area contributed by atoms with Gasteiger partial charge in [0.25, 0.3) is 5.56 Å². The molecular formula is C20H25NO7. The van der Waals surface area contributed by atoms with Gasteiger partial charge in [0.05, 0.1) is 30.9 Å². The Morgan fingerprint density at radius 3 is 2.43 bits per heavy atom. The fourth-order valence-corrected chi connectivity index (χ4v) is 3.79. The lowest BCUT2D eigenvalue weighted by atomic mass is 9.86. The van der Waals surface area contributed by atoms with Crippen LogP contribution in [0.2, 0.25) is 0 Å². The Morgan fingerprint density at radius 1 is 1.36 bits per heavy atom. The zero-order valence-electron chi connectivity index (χ0n) is 15.8. The summed E-state index contributed by atoms with van der Waals surface area (Å²) in [5.74, 6) is -2.73. The Morgan fingerprint density at radius 2 is 1.96 bits per heavy atom. The Balaban J connectivity index is 2.16. The van der Waals surface area contributed by atoms with E-state index in [1.807, 2.05) is 0 Å². The van der Waals surface area contributed by atoms with E-state index in [9.17, 15) is 24.9 Å². The van der Waals surface area contributed by atoms with E-state index in [0.29, 0.717) is 12.1 Å². The third kappa shape index (κ3) is 2.76. The van der Waals surface area contributed by atoms with Gasteiger partial charge in [0.2, 0.25) is 5.79 Å². The van der Waals surface area contributed by atoms with Crippen LogP contribution in [0, 0.1) is 5.41 Å². The van der Waals surface area contributed by atoms with Gasteiger partial charge in [-0.1, -0.05) is 19.1 Å². The molecule has 2 aliphatic heterocycles. The summed E-state index contributed by atoms with van der Waals surface area (Å²) in [5, 5.41) is 30.0. The molecule has 1 aromatic heterocycles. The number of aliphatic carboxylic acids is 1. The summed E-state index contributed by atoms with van der Waals surface area (Å²) in [6.45, 7) is 9.14. The normalized spacial score (nSPS) is 21.7. The quantitative estimate of drug-likeness (QED) is 0.619. The van der Waals surface area contributed by atoms with Crippen LogP contribution in [0.25, 0.3) is 0 Å². The molecule has 1 saturated heterocycles. The summed E-state index contributed by atoms with van der Waals surface area (Å²) in [5.41, 5.74) is -3.38. The highest BCUT2D eigenvalue weighted by molar-refractivity contribution is 5.79. The van der Waals surface area contributed by atoms with Gasteiger partial charge < -0.3 is 29.4 Å². The van der Waals surface area contributed by atoms with Crippen LogP contribution in [-0.2, 0) is 38.8 Å². The van der Waals surface area contributed by atoms with Gasteiger partial charge in [0, 0.05) is 24.1 Å². The van der Waals surface area contributed by atoms with Crippen LogP contribution in [0.15, 0.2) is 36.2 Å². The molecule has 28 heavy (non-hydrogen) atoms. The third-order valence-electron chi connectivity index (χ3n) is 5.89. The van der Waals surface area contributed by atoms with Crippen molar-refractivity contribution in [2.75, 3.05) is 13.2 Å². The van der Waals surface area contributed by atoms with Gasteiger partial charge >= 0.3 is 5.97 Å². The second-order valence-corrected chi connectivity index (χ2v) is 7.28. The van der Waals surface area contributed by atoms with E-state index in [1.54, 1.807) is 12.2 Å². The van der Waals surface area contributed by atoms with Crippen LogP contribution < -0.4 is 5.56 Å². The van der Waals surface area contributed by atoms with E-state index >= 15 is 0 Å². The Kier molecular flexibility index (Phi) is 5.09. The van der Waals surface area contributed by atoms with Crippen molar-refractivity contribution in [3.63, 3.8) is 0 Å². The number of aliphatic hydroxyl groups excluding tert-OH is 1. The number of pyridine rings is 1. The molecule has 0 amide bonds. The predicted molar refractivity (Wildman–Crippen MR) is 99.5 cm³/mol. The topological polar surface area (TPSA) is 118 Å². The first kappa shape index (κ1) is 20.5. The van der Waals surface area contributed by atoms with Crippen molar-refractivity contribution in [1.29, 1.82) is 0 Å². The molecular weight excluding hydrogens is 366 g/mol. The standard InChI is InChI=1S/C20H25NO7/c1-4-18(5-2)11-27-20(28-12-18)7-8-21-15(20)9-14(13(10-22)16(21)23)19(26,6-3)17(24)25/h4-5,9,22,26H,1-2,6-8,10-12H2,3H3,(H,24,25)/t19-/m0/s1. The largest absolute Gasteiger partial charge is 0.479 e. The number of aromatic nitrogens is 1. The molecule has 3 N–H and O–H groups in total. The van der Waals surface area contributed by atoms with Crippen molar-refractivity contribution < 1.29 is 29.6 Å². The third-order valence-corrected chi connectivity index (χ3v) is 5.89. The smallest absolute Gasteiger partial charge is 0.340 e. The van der Waals surface area contributed by atoms with Gasteiger partial charge in [-0.05, 0) is 12.5 Å². The molecule has 8 nitrogen and oxygen atoms in total. The molecule has 1 atom stereocenters. The molecule has 2 aliphatic rings. The number of carboxylic acid groups (broad SMARTS) is 1. The summed E-state index contributed by atoms with van der Waals surface area (Å²) in [4.78, 5) is 24.7. The maximum atomic E-state index is 12.9. The van der Waals surface area contributed by atoms with E-state index in [4.69, 9.17) is 9.47 Å². The highest BCUT2D eigenvalue weighted by Gasteiger charge is 2.50. The van der Waals surface area contributed by atoms with Crippen LogP contribution in [0.1, 0.15) is 36.6 Å². The SMILES string of the molecule is C=CC1(C=C)COC2(CCn3c2cc([C@@](O)(CC)C(=O)O)c(CO)c3=O)OC1. The van der Waals surface area contributed by atoms with E-state index in [2.05, 4.69) is 13.2 Å². The fourth-order valence-electron chi connectivity index (χ4n) is 3.79. The summed E-state index contributed by atoms with van der Waals surface area (Å²) in [6.07, 6.45) is 3.55. The zero-order chi connectivity index (χ0) is 20.7. The van der Waals surface area contributed by atoms with Gasteiger partial charge in [-0.25, -0.2) is 4.79 Å². The average Bonchev–Trinajstić information content (AvgIpc) is 3.06. The number of hydrogen-bond donors (Lipinski definition) is 3. The maximum absolute atomic E-state index is 12.9. The fraction of sp³-hybridized carbons (Fsp3) is 0.500. The molecule has 3 rings (SSSR count). The molecule has 1 fully saturated rings. The molecule has 1 aromatic rings. The molecule has 0 saturated carbocycles. The molecule has 0 radical (unpaired) electrons. The number of aliphatic hydroxyl groups is 2. The van der Waals surface area contributed by atoms with Gasteiger partial charge in [-0.3, -0.25) is 4.79 Å². The van der Waals surface area contributed by atoms with E-state index in [0.717, 1.165) is 0 Å². The predicted octanol–water partition coefficient (Wildman–Crippen LogP) is 0.984. The molecule has 3 heterocycles. The average molecular weight is 391 g/mol. The van der Waals surface area contributed by atoms with Crippen LogP contribution in [0.3, 0.4) is 0 Å².